The molecular formula is C14H17N3O3. The van der Waals surface area contributed by atoms with Gasteiger partial charge in [-0.1, -0.05) is 12.1 Å². The molecule has 0 bridgehead atoms. The fourth-order valence-electron chi connectivity index (χ4n) is 2.63. The predicted molar refractivity (Wildman–Crippen MR) is 74.5 cm³/mol. The maximum Gasteiger partial charge on any atom is 0.329 e. The molecule has 1 amide bonds. The van der Waals surface area contributed by atoms with E-state index in [2.05, 4.69) is 0 Å². The number of likely N-dealkylation sites (tertiary alicyclic amines) is 1. The van der Waals surface area contributed by atoms with E-state index in [1.807, 2.05) is 31.2 Å². The average Bonchev–Trinajstić information content (AvgIpc) is 2.68. The highest BCUT2D eigenvalue weighted by molar-refractivity contribution is 5.81. The number of aliphatic hydroxyl groups is 1. The highest BCUT2D eigenvalue weighted by atomic mass is 16.3. The van der Waals surface area contributed by atoms with Crippen LogP contribution < -0.4 is 5.69 Å². The van der Waals surface area contributed by atoms with Crippen LogP contribution in [0.4, 0.5) is 0 Å². The molecule has 0 aliphatic carbocycles. The van der Waals surface area contributed by atoms with Crippen molar-refractivity contribution in [2.24, 2.45) is 0 Å². The third kappa shape index (κ3) is 1.92. The molecule has 0 unspecified atom stereocenters. The van der Waals surface area contributed by atoms with E-state index >= 15 is 0 Å². The maximum absolute atomic E-state index is 12.4. The Morgan fingerprint density at radius 2 is 1.85 bits per heavy atom. The lowest BCUT2D eigenvalue weighted by Crippen LogP contribution is -2.54. The van der Waals surface area contributed by atoms with Gasteiger partial charge in [-0.25, -0.2) is 4.79 Å². The van der Waals surface area contributed by atoms with Crippen LogP contribution in [0.15, 0.2) is 29.1 Å². The second-order valence-corrected chi connectivity index (χ2v) is 5.05. The van der Waals surface area contributed by atoms with Crippen LogP contribution >= 0.6 is 0 Å². The van der Waals surface area contributed by atoms with Crippen LogP contribution in [0.1, 0.15) is 6.92 Å². The molecule has 2 aromatic rings. The van der Waals surface area contributed by atoms with Gasteiger partial charge in [-0.2, -0.15) is 0 Å². The number of hydrogen-bond acceptors (Lipinski definition) is 3. The third-order valence-electron chi connectivity index (χ3n) is 3.75. The minimum atomic E-state index is -0.423. The Balaban J connectivity index is 1.97. The predicted octanol–water partition coefficient (Wildman–Crippen LogP) is 0.0260. The molecule has 6 heteroatoms. The molecule has 0 atom stereocenters. The van der Waals surface area contributed by atoms with Gasteiger partial charge in [0.15, 0.2) is 0 Å². The normalized spacial score (nSPS) is 15.6. The minimum Gasteiger partial charge on any atom is -0.389 e. The van der Waals surface area contributed by atoms with E-state index in [4.69, 9.17) is 0 Å². The lowest BCUT2D eigenvalue weighted by Gasteiger charge is -2.35. The van der Waals surface area contributed by atoms with Crippen molar-refractivity contribution in [3.05, 3.63) is 34.7 Å². The van der Waals surface area contributed by atoms with Gasteiger partial charge in [-0.05, 0) is 19.1 Å². The van der Waals surface area contributed by atoms with Gasteiger partial charge in [0, 0.05) is 19.6 Å². The molecule has 0 radical (unpaired) electrons. The molecule has 1 N–H and O–H groups in total. The van der Waals surface area contributed by atoms with Crippen molar-refractivity contribution in [3.63, 3.8) is 0 Å². The van der Waals surface area contributed by atoms with Crippen LogP contribution in [0.5, 0.6) is 0 Å². The molecule has 106 valence electrons. The number of β-amino-alcohol motifs (C(OH)–C–C–N with tert-alkyl or cyclic N) is 1. The Bertz CT molecular complexity index is 710. The van der Waals surface area contributed by atoms with Crippen molar-refractivity contribution in [2.75, 3.05) is 13.1 Å². The van der Waals surface area contributed by atoms with Gasteiger partial charge in [0.05, 0.1) is 17.1 Å². The zero-order valence-corrected chi connectivity index (χ0v) is 11.3. The number of nitrogens with zero attached hydrogens (tertiary/aromatic N) is 3. The highest BCUT2D eigenvalue weighted by Crippen LogP contribution is 2.14. The quantitative estimate of drug-likeness (QED) is 0.859. The molecule has 1 fully saturated rings. The van der Waals surface area contributed by atoms with Gasteiger partial charge in [0.2, 0.25) is 5.91 Å². The minimum absolute atomic E-state index is 0.0269. The van der Waals surface area contributed by atoms with Crippen LogP contribution in [-0.4, -0.2) is 44.2 Å². The summed E-state index contributed by atoms with van der Waals surface area (Å²) in [5, 5.41) is 9.24. The molecule has 1 aromatic heterocycles. The summed E-state index contributed by atoms with van der Waals surface area (Å²) in [6, 6.07) is 7.47. The van der Waals surface area contributed by atoms with E-state index < -0.39 is 6.10 Å². The van der Waals surface area contributed by atoms with Gasteiger partial charge < -0.3 is 10.0 Å². The number of aliphatic hydroxyl groups excluding tert-OH is 1. The Labute approximate surface area is 115 Å². The molecular weight excluding hydrogens is 258 g/mol. The summed E-state index contributed by atoms with van der Waals surface area (Å²) < 4.78 is 3.17. The van der Waals surface area contributed by atoms with Crippen LogP contribution in [0.3, 0.4) is 0 Å². The molecule has 1 aliphatic rings. The molecule has 1 aliphatic heterocycles. The number of carbonyl (C=O) groups is 1. The summed E-state index contributed by atoms with van der Waals surface area (Å²) in [6.07, 6.45) is -0.423. The summed E-state index contributed by atoms with van der Waals surface area (Å²) in [7, 11) is 0. The maximum atomic E-state index is 12.4. The number of carbonyl (C=O) groups excluding carboxylic acids is 1. The van der Waals surface area contributed by atoms with E-state index in [-0.39, 0.29) is 18.1 Å². The molecule has 6 nitrogen and oxygen atoms in total. The number of benzene rings is 1. The molecule has 2 heterocycles. The number of hydrogen-bond donors (Lipinski definition) is 1. The topological polar surface area (TPSA) is 67.5 Å². The van der Waals surface area contributed by atoms with Crippen molar-refractivity contribution < 1.29 is 9.90 Å². The first-order chi connectivity index (χ1) is 9.61. The van der Waals surface area contributed by atoms with Gasteiger partial charge in [0.1, 0.15) is 6.54 Å². The fraction of sp³-hybridized carbons (Fsp3) is 0.429. The standard InChI is InChI=1S/C14H17N3O3/c1-2-16-11-5-3-4-6-12(11)17(14(16)20)9-13(19)15-7-10(18)8-15/h3-6,10,18H,2,7-9H2,1H3. The van der Waals surface area contributed by atoms with Gasteiger partial charge in [-0.3, -0.25) is 13.9 Å². The molecule has 0 spiro atoms. The fourth-order valence-corrected chi connectivity index (χ4v) is 2.63. The summed E-state index contributed by atoms with van der Waals surface area (Å²) >= 11 is 0. The number of rotatable bonds is 3. The van der Waals surface area contributed by atoms with E-state index in [1.165, 1.54) is 4.57 Å². The first kappa shape index (κ1) is 12.9. The number of amides is 1. The van der Waals surface area contributed by atoms with Crippen LogP contribution in [0, 0.1) is 0 Å². The van der Waals surface area contributed by atoms with Gasteiger partial charge >= 0.3 is 5.69 Å². The summed E-state index contributed by atoms with van der Waals surface area (Å²) in [4.78, 5) is 26.0. The number of imidazole rings is 1. The zero-order chi connectivity index (χ0) is 14.3. The lowest BCUT2D eigenvalue weighted by atomic mass is 10.2. The number of aryl methyl sites for hydroxylation is 1. The second kappa shape index (κ2) is 4.79. The van der Waals surface area contributed by atoms with E-state index in [9.17, 15) is 14.7 Å². The molecule has 1 aromatic carbocycles. The van der Waals surface area contributed by atoms with Crippen molar-refractivity contribution in [2.45, 2.75) is 26.1 Å². The first-order valence-corrected chi connectivity index (χ1v) is 6.75. The number of para-hydroxylation sites is 2. The van der Waals surface area contributed by atoms with Crippen molar-refractivity contribution in [3.8, 4) is 0 Å². The summed E-state index contributed by atoms with van der Waals surface area (Å²) in [5.41, 5.74) is 1.45. The van der Waals surface area contributed by atoms with E-state index in [1.54, 1.807) is 9.47 Å². The molecule has 1 saturated heterocycles. The molecule has 3 rings (SSSR count). The Morgan fingerprint density at radius 1 is 1.25 bits per heavy atom. The number of fused-ring (bicyclic) bond motifs is 1. The first-order valence-electron chi connectivity index (χ1n) is 6.75. The largest absolute Gasteiger partial charge is 0.389 e. The highest BCUT2D eigenvalue weighted by Gasteiger charge is 2.29. The average molecular weight is 275 g/mol. The van der Waals surface area contributed by atoms with Crippen molar-refractivity contribution >= 4 is 16.9 Å². The van der Waals surface area contributed by atoms with E-state index in [0.717, 1.165) is 11.0 Å². The van der Waals surface area contributed by atoms with Crippen LogP contribution in [-0.2, 0) is 17.9 Å². The summed E-state index contributed by atoms with van der Waals surface area (Å²) in [6.45, 7) is 3.23. The molecule has 20 heavy (non-hydrogen) atoms. The Hall–Kier alpha value is -2.08. The van der Waals surface area contributed by atoms with Crippen LogP contribution in [0.2, 0.25) is 0 Å². The second-order valence-electron chi connectivity index (χ2n) is 5.05. The lowest BCUT2D eigenvalue weighted by molar-refractivity contribution is -0.141. The summed E-state index contributed by atoms with van der Waals surface area (Å²) in [5.74, 6) is -0.128. The molecule has 0 saturated carbocycles. The Morgan fingerprint density at radius 3 is 2.40 bits per heavy atom. The van der Waals surface area contributed by atoms with Gasteiger partial charge in [0.25, 0.3) is 0 Å². The van der Waals surface area contributed by atoms with Crippen molar-refractivity contribution in [1.82, 2.24) is 14.0 Å². The van der Waals surface area contributed by atoms with Crippen molar-refractivity contribution in [1.29, 1.82) is 0 Å². The zero-order valence-electron chi connectivity index (χ0n) is 11.3. The number of aromatic nitrogens is 2. The van der Waals surface area contributed by atoms with Gasteiger partial charge in [-0.15, -0.1) is 0 Å². The van der Waals surface area contributed by atoms with Crippen LogP contribution in [0.25, 0.3) is 11.0 Å². The monoisotopic (exact) mass is 275 g/mol. The Kier molecular flexibility index (Phi) is 3.10. The third-order valence-corrected chi connectivity index (χ3v) is 3.75. The van der Waals surface area contributed by atoms with E-state index in [0.29, 0.717) is 19.6 Å². The smallest absolute Gasteiger partial charge is 0.329 e. The SMILES string of the molecule is CCn1c(=O)n(CC(=O)N2CC(O)C2)c2ccccc21.